The molecule has 1 aliphatic heterocycles. The Bertz CT molecular complexity index is 348. The Morgan fingerprint density at radius 1 is 1.53 bits per heavy atom. The van der Waals surface area contributed by atoms with Crippen LogP contribution >= 0.6 is 0 Å². The fourth-order valence-electron chi connectivity index (χ4n) is 2.47. The molecule has 0 spiro atoms. The Morgan fingerprint density at radius 3 is 3.00 bits per heavy atom. The minimum Gasteiger partial charge on any atom is -0.466 e. The second-order valence-corrected chi connectivity index (χ2v) is 5.23. The number of rotatable bonds is 4. The average molecular weight is 237 g/mol. The van der Waals surface area contributed by atoms with Crippen LogP contribution < -0.4 is 0 Å². The lowest BCUT2D eigenvalue weighted by Gasteiger charge is -2.30. The molecule has 3 heteroatoms. The van der Waals surface area contributed by atoms with Gasteiger partial charge in [0, 0.05) is 12.5 Å². The first-order valence-electron chi connectivity index (χ1n) is 6.62. The van der Waals surface area contributed by atoms with E-state index < -0.39 is 0 Å². The van der Waals surface area contributed by atoms with E-state index in [1.807, 2.05) is 13.0 Å². The van der Waals surface area contributed by atoms with Crippen molar-refractivity contribution in [3.05, 3.63) is 23.7 Å². The van der Waals surface area contributed by atoms with E-state index in [0.717, 1.165) is 50.4 Å². The first kappa shape index (κ1) is 12.7. The number of hydrogen-bond acceptors (Lipinski definition) is 3. The van der Waals surface area contributed by atoms with Gasteiger partial charge in [0.15, 0.2) is 0 Å². The van der Waals surface area contributed by atoms with Crippen LogP contribution in [0.3, 0.4) is 0 Å². The number of aryl methyl sites for hydroxylation is 1. The molecule has 1 aromatic heterocycles. The van der Waals surface area contributed by atoms with Crippen LogP contribution in [0.4, 0.5) is 0 Å². The fourth-order valence-corrected chi connectivity index (χ4v) is 2.47. The summed E-state index contributed by atoms with van der Waals surface area (Å²) in [5.74, 6) is 2.53. The monoisotopic (exact) mass is 237 g/mol. The number of aliphatic hydroxyl groups excluding tert-OH is 1. The van der Waals surface area contributed by atoms with E-state index >= 15 is 0 Å². The van der Waals surface area contributed by atoms with Gasteiger partial charge in [0.05, 0.1) is 6.10 Å². The van der Waals surface area contributed by atoms with E-state index in [1.165, 1.54) is 0 Å². The molecule has 2 rings (SSSR count). The van der Waals surface area contributed by atoms with Crippen LogP contribution in [-0.4, -0.2) is 35.7 Å². The summed E-state index contributed by atoms with van der Waals surface area (Å²) in [6.07, 6.45) is 3.06. The standard InChI is InChI=1S/C14H23NO2/c1-11(14-6-5-12(2)17-14)7-9-15-8-3-4-13(16)10-15/h5-6,11,13,16H,3-4,7-10H2,1-2H3. The lowest BCUT2D eigenvalue weighted by atomic mass is 10.0. The van der Waals surface area contributed by atoms with Crippen molar-refractivity contribution >= 4 is 0 Å². The van der Waals surface area contributed by atoms with Crippen molar-refractivity contribution in [2.45, 2.75) is 45.1 Å². The molecule has 1 saturated heterocycles. The maximum Gasteiger partial charge on any atom is 0.107 e. The Labute approximate surface area is 103 Å². The third-order valence-corrected chi connectivity index (χ3v) is 3.61. The molecule has 2 heterocycles. The summed E-state index contributed by atoms with van der Waals surface area (Å²) in [6.45, 7) is 7.21. The van der Waals surface area contributed by atoms with E-state index in [2.05, 4.69) is 17.9 Å². The second-order valence-electron chi connectivity index (χ2n) is 5.23. The number of piperidine rings is 1. The highest BCUT2D eigenvalue weighted by Gasteiger charge is 2.18. The molecular formula is C14H23NO2. The zero-order valence-corrected chi connectivity index (χ0v) is 10.9. The SMILES string of the molecule is Cc1ccc(C(C)CCN2CCCC(O)C2)o1. The number of furan rings is 1. The lowest BCUT2D eigenvalue weighted by molar-refractivity contribution is 0.0690. The van der Waals surface area contributed by atoms with E-state index in [0.29, 0.717) is 5.92 Å². The molecule has 2 unspecified atom stereocenters. The normalized spacial score (nSPS) is 23.8. The van der Waals surface area contributed by atoms with Gasteiger partial charge in [-0.1, -0.05) is 6.92 Å². The van der Waals surface area contributed by atoms with E-state index in [9.17, 15) is 5.11 Å². The van der Waals surface area contributed by atoms with Gasteiger partial charge in [-0.2, -0.15) is 0 Å². The minimum atomic E-state index is -0.120. The largest absolute Gasteiger partial charge is 0.466 e. The molecule has 1 aromatic rings. The van der Waals surface area contributed by atoms with Gasteiger partial charge in [-0.05, 0) is 51.4 Å². The zero-order chi connectivity index (χ0) is 12.3. The molecule has 3 nitrogen and oxygen atoms in total. The van der Waals surface area contributed by atoms with Crippen LogP contribution in [0, 0.1) is 6.92 Å². The van der Waals surface area contributed by atoms with Crippen LogP contribution in [0.1, 0.15) is 43.6 Å². The number of likely N-dealkylation sites (tertiary alicyclic amines) is 1. The molecule has 0 aromatic carbocycles. The highest BCUT2D eigenvalue weighted by molar-refractivity contribution is 5.09. The summed E-state index contributed by atoms with van der Waals surface area (Å²) in [7, 11) is 0. The minimum absolute atomic E-state index is 0.120. The van der Waals surface area contributed by atoms with Gasteiger partial charge in [0.25, 0.3) is 0 Å². The third kappa shape index (κ3) is 3.58. The van der Waals surface area contributed by atoms with Crippen LogP contribution in [-0.2, 0) is 0 Å². The second kappa shape index (κ2) is 5.69. The molecule has 0 bridgehead atoms. The predicted molar refractivity (Wildman–Crippen MR) is 68.2 cm³/mol. The average Bonchev–Trinajstić information content (AvgIpc) is 2.73. The van der Waals surface area contributed by atoms with Gasteiger partial charge in [0.2, 0.25) is 0 Å². The molecular weight excluding hydrogens is 214 g/mol. The number of nitrogens with zero attached hydrogens (tertiary/aromatic N) is 1. The maximum atomic E-state index is 9.61. The summed E-state index contributed by atoms with van der Waals surface area (Å²) in [5.41, 5.74) is 0. The molecule has 1 N–H and O–H groups in total. The smallest absolute Gasteiger partial charge is 0.107 e. The number of hydrogen-bond donors (Lipinski definition) is 1. The van der Waals surface area contributed by atoms with Crippen LogP contribution in [0.15, 0.2) is 16.5 Å². The van der Waals surface area contributed by atoms with Gasteiger partial charge in [-0.15, -0.1) is 0 Å². The molecule has 17 heavy (non-hydrogen) atoms. The molecule has 0 saturated carbocycles. The molecule has 1 aliphatic rings. The van der Waals surface area contributed by atoms with Gasteiger partial charge < -0.3 is 14.4 Å². The summed E-state index contributed by atoms with van der Waals surface area (Å²) >= 11 is 0. The van der Waals surface area contributed by atoms with Crippen molar-refractivity contribution in [1.29, 1.82) is 0 Å². The molecule has 2 atom stereocenters. The van der Waals surface area contributed by atoms with Gasteiger partial charge >= 0.3 is 0 Å². The Morgan fingerprint density at radius 2 is 2.35 bits per heavy atom. The van der Waals surface area contributed by atoms with Crippen LogP contribution in [0.5, 0.6) is 0 Å². The van der Waals surface area contributed by atoms with Crippen molar-refractivity contribution in [2.75, 3.05) is 19.6 Å². The van der Waals surface area contributed by atoms with Crippen LogP contribution in [0.2, 0.25) is 0 Å². The van der Waals surface area contributed by atoms with Crippen molar-refractivity contribution in [1.82, 2.24) is 4.90 Å². The van der Waals surface area contributed by atoms with Gasteiger partial charge in [-0.25, -0.2) is 0 Å². The fraction of sp³-hybridized carbons (Fsp3) is 0.714. The summed E-state index contributed by atoms with van der Waals surface area (Å²) in [4.78, 5) is 2.36. The highest BCUT2D eigenvalue weighted by atomic mass is 16.3. The number of aliphatic hydroxyl groups is 1. The molecule has 1 fully saturated rings. The summed E-state index contributed by atoms with van der Waals surface area (Å²) < 4.78 is 5.64. The van der Waals surface area contributed by atoms with Crippen LogP contribution in [0.25, 0.3) is 0 Å². The lowest BCUT2D eigenvalue weighted by Crippen LogP contribution is -2.39. The predicted octanol–water partition coefficient (Wildman–Crippen LogP) is 2.54. The first-order valence-corrected chi connectivity index (χ1v) is 6.62. The molecule has 0 aliphatic carbocycles. The van der Waals surface area contributed by atoms with Gasteiger partial charge in [0.1, 0.15) is 11.5 Å². The Balaban J connectivity index is 1.77. The zero-order valence-electron chi connectivity index (χ0n) is 10.9. The Hall–Kier alpha value is -0.800. The van der Waals surface area contributed by atoms with E-state index in [1.54, 1.807) is 0 Å². The highest BCUT2D eigenvalue weighted by Crippen LogP contribution is 2.22. The first-order chi connectivity index (χ1) is 8.15. The summed E-state index contributed by atoms with van der Waals surface area (Å²) in [6, 6.07) is 4.10. The third-order valence-electron chi connectivity index (χ3n) is 3.61. The maximum absolute atomic E-state index is 9.61. The van der Waals surface area contributed by atoms with Crippen molar-refractivity contribution < 1.29 is 9.52 Å². The van der Waals surface area contributed by atoms with Crippen molar-refractivity contribution in [2.24, 2.45) is 0 Å². The van der Waals surface area contributed by atoms with E-state index in [4.69, 9.17) is 4.42 Å². The van der Waals surface area contributed by atoms with E-state index in [-0.39, 0.29) is 6.10 Å². The topological polar surface area (TPSA) is 36.6 Å². The van der Waals surface area contributed by atoms with Gasteiger partial charge in [-0.3, -0.25) is 0 Å². The molecule has 0 amide bonds. The molecule has 96 valence electrons. The van der Waals surface area contributed by atoms with Crippen molar-refractivity contribution in [3.8, 4) is 0 Å². The number of β-amino-alcohol motifs (C(OH)–C–C–N with tert-alkyl or cyclic N) is 1. The quantitative estimate of drug-likeness (QED) is 0.874. The Kier molecular flexibility index (Phi) is 4.24. The summed E-state index contributed by atoms with van der Waals surface area (Å²) in [5, 5.41) is 9.61. The molecule has 0 radical (unpaired) electrons. The van der Waals surface area contributed by atoms with Crippen molar-refractivity contribution in [3.63, 3.8) is 0 Å².